The van der Waals surface area contributed by atoms with Gasteiger partial charge in [-0.15, -0.1) is 0 Å². The fourth-order valence-corrected chi connectivity index (χ4v) is 4.24. The number of nitrogens with one attached hydrogen (secondary N) is 1. The Balaban J connectivity index is 1.99. The van der Waals surface area contributed by atoms with E-state index in [-0.39, 0.29) is 0 Å². The summed E-state index contributed by atoms with van der Waals surface area (Å²) < 4.78 is 25.1. The van der Waals surface area contributed by atoms with Crippen LogP contribution in [0.5, 0.6) is 0 Å². The summed E-state index contributed by atoms with van der Waals surface area (Å²) in [5.41, 5.74) is 0. The van der Waals surface area contributed by atoms with Crippen molar-refractivity contribution in [2.45, 2.75) is 31.7 Å². The summed E-state index contributed by atoms with van der Waals surface area (Å²) in [5.74, 6) is -1.75. The highest BCUT2D eigenvalue weighted by atomic mass is 32.2. The Hall–Kier alpha value is -0.660. The van der Waals surface area contributed by atoms with Crippen molar-refractivity contribution in [1.82, 2.24) is 9.62 Å². The van der Waals surface area contributed by atoms with Crippen molar-refractivity contribution in [1.29, 1.82) is 0 Å². The number of sulfonamides is 1. The third kappa shape index (κ3) is 3.21. The molecule has 2 N–H and O–H groups in total. The number of nitrogens with zero attached hydrogens (tertiary/aromatic N) is 1. The Bertz CT molecular complexity index is 403. The first-order valence-corrected chi connectivity index (χ1v) is 8.03. The third-order valence-corrected chi connectivity index (χ3v) is 5.52. The molecule has 2 aliphatic rings. The summed E-state index contributed by atoms with van der Waals surface area (Å²) in [6.45, 7) is 1.93. The molecule has 2 aliphatic heterocycles. The molecule has 0 aromatic rings. The van der Waals surface area contributed by atoms with Crippen LogP contribution in [0.15, 0.2) is 0 Å². The van der Waals surface area contributed by atoms with Gasteiger partial charge in [0.1, 0.15) is 0 Å². The predicted molar refractivity (Wildman–Crippen MR) is 66.7 cm³/mol. The minimum absolute atomic E-state index is 0.324. The van der Waals surface area contributed by atoms with Crippen LogP contribution in [0, 0.1) is 5.92 Å². The predicted octanol–water partition coefficient (Wildman–Crippen LogP) is -0.135. The molecule has 6 nitrogen and oxygen atoms in total. The average molecular weight is 276 g/mol. The maximum atomic E-state index is 11.9. The monoisotopic (exact) mass is 276 g/mol. The van der Waals surface area contributed by atoms with Crippen LogP contribution in [-0.2, 0) is 14.8 Å². The molecule has 0 bridgehead atoms. The van der Waals surface area contributed by atoms with Gasteiger partial charge in [0.2, 0.25) is 10.0 Å². The Labute approximate surface area is 107 Å². The second-order valence-corrected chi connectivity index (χ2v) is 7.08. The first kappa shape index (κ1) is 13.8. The SMILES string of the molecule is O=C(O)CS(=O)(=O)N1CCCC(C2CCCN2)C1. The van der Waals surface area contributed by atoms with Gasteiger partial charge in [-0.05, 0) is 38.1 Å². The van der Waals surface area contributed by atoms with Gasteiger partial charge in [0, 0.05) is 19.1 Å². The molecule has 0 aliphatic carbocycles. The summed E-state index contributed by atoms with van der Waals surface area (Å²) in [6, 6.07) is 0.396. The van der Waals surface area contributed by atoms with Crippen molar-refractivity contribution in [3.8, 4) is 0 Å². The van der Waals surface area contributed by atoms with E-state index in [1.165, 1.54) is 4.31 Å². The summed E-state index contributed by atoms with van der Waals surface area (Å²) in [7, 11) is -3.64. The van der Waals surface area contributed by atoms with Crippen LogP contribution in [0.1, 0.15) is 25.7 Å². The average Bonchev–Trinajstić information content (AvgIpc) is 2.81. The first-order chi connectivity index (χ1) is 8.49. The van der Waals surface area contributed by atoms with E-state index in [0.29, 0.717) is 25.0 Å². The highest BCUT2D eigenvalue weighted by Gasteiger charge is 2.34. The van der Waals surface area contributed by atoms with E-state index < -0.39 is 21.7 Å². The molecular formula is C11H20N2O4S. The van der Waals surface area contributed by atoms with Gasteiger partial charge in [-0.25, -0.2) is 12.7 Å². The fourth-order valence-electron chi connectivity index (χ4n) is 2.92. The maximum absolute atomic E-state index is 11.9. The van der Waals surface area contributed by atoms with Crippen molar-refractivity contribution in [2.75, 3.05) is 25.4 Å². The van der Waals surface area contributed by atoms with E-state index in [4.69, 9.17) is 5.11 Å². The van der Waals surface area contributed by atoms with E-state index >= 15 is 0 Å². The van der Waals surface area contributed by atoms with Crippen LogP contribution >= 0.6 is 0 Å². The Morgan fingerprint density at radius 3 is 2.72 bits per heavy atom. The van der Waals surface area contributed by atoms with E-state index in [1.54, 1.807) is 0 Å². The number of rotatable bonds is 4. The second kappa shape index (κ2) is 5.54. The van der Waals surface area contributed by atoms with Crippen LogP contribution in [-0.4, -0.2) is 55.2 Å². The van der Waals surface area contributed by atoms with Crippen molar-refractivity contribution >= 4 is 16.0 Å². The summed E-state index contributed by atoms with van der Waals surface area (Å²) >= 11 is 0. The molecule has 0 spiro atoms. The van der Waals surface area contributed by atoms with Crippen LogP contribution in [0.4, 0.5) is 0 Å². The normalized spacial score (nSPS) is 30.4. The Morgan fingerprint density at radius 1 is 1.33 bits per heavy atom. The van der Waals surface area contributed by atoms with Gasteiger partial charge >= 0.3 is 5.97 Å². The lowest BCUT2D eigenvalue weighted by atomic mass is 9.91. The van der Waals surface area contributed by atoms with E-state index in [2.05, 4.69) is 5.32 Å². The van der Waals surface area contributed by atoms with E-state index in [9.17, 15) is 13.2 Å². The van der Waals surface area contributed by atoms with Crippen LogP contribution in [0.3, 0.4) is 0 Å². The van der Waals surface area contributed by atoms with Gasteiger partial charge in [-0.1, -0.05) is 0 Å². The van der Waals surface area contributed by atoms with Gasteiger partial charge in [-0.3, -0.25) is 4.79 Å². The maximum Gasteiger partial charge on any atom is 0.320 e. The molecule has 2 saturated heterocycles. The smallest absolute Gasteiger partial charge is 0.320 e. The molecule has 2 unspecified atom stereocenters. The van der Waals surface area contributed by atoms with Gasteiger partial charge < -0.3 is 10.4 Å². The summed E-state index contributed by atoms with van der Waals surface area (Å²) in [4.78, 5) is 10.6. The lowest BCUT2D eigenvalue weighted by Gasteiger charge is -2.34. The number of hydrogen-bond donors (Lipinski definition) is 2. The zero-order chi connectivity index (χ0) is 13.2. The second-order valence-electron chi connectivity index (χ2n) is 5.11. The standard InChI is InChI=1S/C11H20N2O4S/c14-11(15)8-18(16,17)13-6-2-3-9(7-13)10-4-1-5-12-10/h9-10,12H,1-8H2,(H,14,15). The van der Waals surface area contributed by atoms with Gasteiger partial charge in [-0.2, -0.15) is 0 Å². The van der Waals surface area contributed by atoms with Gasteiger partial charge in [0.25, 0.3) is 0 Å². The number of carbonyl (C=O) groups is 1. The molecule has 2 fully saturated rings. The molecule has 18 heavy (non-hydrogen) atoms. The Morgan fingerprint density at radius 2 is 2.11 bits per heavy atom. The Kier molecular flexibility index (Phi) is 4.24. The third-order valence-electron chi connectivity index (χ3n) is 3.79. The lowest BCUT2D eigenvalue weighted by molar-refractivity contribution is -0.134. The molecule has 2 atom stereocenters. The highest BCUT2D eigenvalue weighted by molar-refractivity contribution is 7.89. The number of piperidine rings is 1. The molecule has 0 saturated carbocycles. The lowest BCUT2D eigenvalue weighted by Crippen LogP contribution is -2.47. The molecule has 0 aromatic carbocycles. The molecule has 104 valence electrons. The minimum Gasteiger partial charge on any atom is -0.480 e. The van der Waals surface area contributed by atoms with Crippen LogP contribution in [0.25, 0.3) is 0 Å². The quantitative estimate of drug-likeness (QED) is 0.746. The van der Waals surface area contributed by atoms with Crippen LogP contribution in [0.2, 0.25) is 0 Å². The minimum atomic E-state index is -3.64. The number of carboxylic acids is 1. The first-order valence-electron chi connectivity index (χ1n) is 6.42. The zero-order valence-corrected chi connectivity index (χ0v) is 11.2. The fraction of sp³-hybridized carbons (Fsp3) is 0.909. The van der Waals surface area contributed by atoms with Gasteiger partial charge in [0.15, 0.2) is 5.75 Å². The molecule has 2 rings (SSSR count). The number of carboxylic acid groups (broad SMARTS) is 1. The molecule has 7 heteroatoms. The molecule has 0 radical (unpaired) electrons. The number of aliphatic carboxylic acids is 1. The topological polar surface area (TPSA) is 86.7 Å². The summed E-state index contributed by atoms with van der Waals surface area (Å²) in [5, 5.41) is 12.0. The molecule has 0 aromatic heterocycles. The largest absolute Gasteiger partial charge is 0.480 e. The molecule has 0 amide bonds. The van der Waals surface area contributed by atoms with Crippen molar-refractivity contribution < 1.29 is 18.3 Å². The van der Waals surface area contributed by atoms with Gasteiger partial charge in [0.05, 0.1) is 0 Å². The summed E-state index contributed by atoms with van der Waals surface area (Å²) in [6.07, 6.45) is 4.08. The zero-order valence-electron chi connectivity index (χ0n) is 10.3. The van der Waals surface area contributed by atoms with E-state index in [1.807, 2.05) is 0 Å². The van der Waals surface area contributed by atoms with Crippen molar-refractivity contribution in [2.24, 2.45) is 5.92 Å². The molecule has 2 heterocycles. The number of hydrogen-bond acceptors (Lipinski definition) is 4. The highest BCUT2D eigenvalue weighted by Crippen LogP contribution is 2.26. The molecular weight excluding hydrogens is 256 g/mol. The van der Waals surface area contributed by atoms with Crippen molar-refractivity contribution in [3.63, 3.8) is 0 Å². The van der Waals surface area contributed by atoms with E-state index in [0.717, 1.165) is 32.2 Å². The van der Waals surface area contributed by atoms with Crippen molar-refractivity contribution in [3.05, 3.63) is 0 Å². The van der Waals surface area contributed by atoms with Crippen LogP contribution < -0.4 is 5.32 Å².